The molecule has 1 heterocycles. The largest absolute Gasteiger partial charge is 0.395 e. The fourth-order valence-corrected chi connectivity index (χ4v) is 4.12. The topological polar surface area (TPSA) is 68.2 Å². The minimum atomic E-state index is -0.532. The van der Waals surface area contributed by atoms with Crippen molar-refractivity contribution in [2.45, 2.75) is 12.5 Å². The van der Waals surface area contributed by atoms with Crippen LogP contribution < -0.4 is 5.48 Å². The molecule has 150 valence electrons. The molecule has 0 saturated carbocycles. The molecular weight excluding hydrogens is 354 g/mol. The summed E-state index contributed by atoms with van der Waals surface area (Å²) in [5.41, 5.74) is 6.52. The van der Waals surface area contributed by atoms with E-state index >= 15 is 0 Å². The number of benzene rings is 2. The minimum absolute atomic E-state index is 0.205. The van der Waals surface area contributed by atoms with Gasteiger partial charge in [0.05, 0.1) is 18.4 Å². The highest BCUT2D eigenvalue weighted by Gasteiger charge is 2.20. The Bertz CT molecular complexity index is 831. The molecule has 28 heavy (non-hydrogen) atoms. The van der Waals surface area contributed by atoms with Crippen LogP contribution in [-0.4, -0.2) is 78.6 Å². The van der Waals surface area contributed by atoms with E-state index in [2.05, 4.69) is 57.8 Å². The van der Waals surface area contributed by atoms with E-state index in [0.717, 1.165) is 44.8 Å². The second kappa shape index (κ2) is 9.03. The number of nitrogens with one attached hydrogen (secondary N) is 1. The second-order valence-corrected chi connectivity index (χ2v) is 7.57. The molecule has 0 amide bonds. The molecule has 2 aromatic rings. The first-order chi connectivity index (χ1) is 13.7. The number of fused-ring (bicyclic) bond motifs is 3. The fraction of sp³-hybridized carbons (Fsp3) is 0.455. The lowest BCUT2D eigenvalue weighted by Crippen LogP contribution is -2.49. The van der Waals surface area contributed by atoms with Crippen LogP contribution in [0.25, 0.3) is 16.5 Å². The maximum atomic E-state index is 10.3. The van der Waals surface area contributed by atoms with E-state index in [4.69, 9.17) is 9.94 Å². The van der Waals surface area contributed by atoms with Gasteiger partial charge < -0.3 is 10.2 Å². The van der Waals surface area contributed by atoms with Crippen LogP contribution in [0, 0.1) is 0 Å². The summed E-state index contributed by atoms with van der Waals surface area (Å²) >= 11 is 0. The van der Waals surface area contributed by atoms with E-state index in [0.29, 0.717) is 6.54 Å². The van der Waals surface area contributed by atoms with Crippen molar-refractivity contribution < 1.29 is 15.1 Å². The highest BCUT2D eigenvalue weighted by Crippen LogP contribution is 2.31. The fourth-order valence-electron chi connectivity index (χ4n) is 4.12. The number of hydrogen-bond donors (Lipinski definition) is 3. The van der Waals surface area contributed by atoms with Crippen LogP contribution in [0.2, 0.25) is 0 Å². The standard InChI is InChI=1S/C22H29N3O3/c26-14-13-24-9-11-25(12-10-24)15-18(27)16-28-23-22-8-7-20-19-4-2-1-3-17(19)5-6-21(20)22/h1-6,8,18,23,26-27H,7,9-16H2. The number of allylic oxidation sites excluding steroid dienone is 1. The number of piperazine rings is 1. The molecular formula is C22H29N3O3. The SMILES string of the molecule is OCCN1CCN(CC(O)CONC2=CCc3c2ccc2ccccc32)CC1. The van der Waals surface area contributed by atoms with Gasteiger partial charge in [-0.2, -0.15) is 0 Å². The van der Waals surface area contributed by atoms with Gasteiger partial charge in [-0.3, -0.25) is 20.1 Å². The van der Waals surface area contributed by atoms with Gasteiger partial charge in [-0.05, 0) is 22.8 Å². The van der Waals surface area contributed by atoms with E-state index in [1.165, 1.54) is 21.9 Å². The van der Waals surface area contributed by atoms with Crippen LogP contribution in [0.15, 0.2) is 42.5 Å². The van der Waals surface area contributed by atoms with Gasteiger partial charge in [0.25, 0.3) is 0 Å². The third-order valence-electron chi connectivity index (χ3n) is 5.65. The van der Waals surface area contributed by atoms with E-state index in [1.807, 2.05) is 0 Å². The zero-order valence-corrected chi connectivity index (χ0v) is 16.2. The lowest BCUT2D eigenvalue weighted by atomic mass is 10.00. The van der Waals surface area contributed by atoms with Crippen molar-refractivity contribution >= 4 is 16.5 Å². The van der Waals surface area contributed by atoms with Gasteiger partial charge in [0.15, 0.2) is 0 Å². The molecule has 1 atom stereocenters. The van der Waals surface area contributed by atoms with Crippen LogP contribution in [0.1, 0.15) is 11.1 Å². The predicted octanol–water partition coefficient (Wildman–Crippen LogP) is 1.23. The van der Waals surface area contributed by atoms with Crippen molar-refractivity contribution in [3.63, 3.8) is 0 Å². The molecule has 1 saturated heterocycles. The van der Waals surface area contributed by atoms with Crippen molar-refractivity contribution in [1.29, 1.82) is 0 Å². The number of rotatable bonds is 8. The van der Waals surface area contributed by atoms with E-state index in [-0.39, 0.29) is 13.2 Å². The monoisotopic (exact) mass is 383 g/mol. The second-order valence-electron chi connectivity index (χ2n) is 7.57. The first-order valence-electron chi connectivity index (χ1n) is 10.1. The highest BCUT2D eigenvalue weighted by molar-refractivity contribution is 5.92. The van der Waals surface area contributed by atoms with Gasteiger partial charge in [0, 0.05) is 44.8 Å². The Labute approximate surface area is 166 Å². The van der Waals surface area contributed by atoms with E-state index in [1.54, 1.807) is 0 Å². The zero-order chi connectivity index (χ0) is 19.3. The maximum absolute atomic E-state index is 10.3. The number of hydroxylamine groups is 1. The molecule has 1 aliphatic heterocycles. The minimum Gasteiger partial charge on any atom is -0.395 e. The molecule has 2 aromatic carbocycles. The van der Waals surface area contributed by atoms with Gasteiger partial charge in [-0.1, -0.05) is 42.5 Å². The summed E-state index contributed by atoms with van der Waals surface area (Å²) in [6.45, 7) is 5.48. The summed E-state index contributed by atoms with van der Waals surface area (Å²) in [6.07, 6.45) is 2.50. The van der Waals surface area contributed by atoms with Crippen molar-refractivity contribution in [2.75, 3.05) is 52.5 Å². The van der Waals surface area contributed by atoms with Gasteiger partial charge in [-0.15, -0.1) is 0 Å². The van der Waals surface area contributed by atoms with Gasteiger partial charge in [-0.25, -0.2) is 0 Å². The summed E-state index contributed by atoms with van der Waals surface area (Å²) in [6, 6.07) is 12.7. The summed E-state index contributed by atoms with van der Waals surface area (Å²) in [7, 11) is 0. The normalized spacial score (nSPS) is 18.9. The van der Waals surface area contributed by atoms with Crippen LogP contribution in [0.3, 0.4) is 0 Å². The molecule has 2 aliphatic rings. The Morgan fingerprint density at radius 2 is 1.82 bits per heavy atom. The van der Waals surface area contributed by atoms with Crippen molar-refractivity contribution in [1.82, 2.24) is 15.3 Å². The van der Waals surface area contributed by atoms with E-state index < -0.39 is 6.10 Å². The molecule has 6 heteroatoms. The van der Waals surface area contributed by atoms with Gasteiger partial charge in [0.1, 0.15) is 6.61 Å². The number of aliphatic hydroxyl groups is 2. The molecule has 3 N–H and O–H groups in total. The highest BCUT2D eigenvalue weighted by atomic mass is 16.6. The third kappa shape index (κ3) is 4.37. The van der Waals surface area contributed by atoms with Crippen LogP contribution in [-0.2, 0) is 11.3 Å². The van der Waals surface area contributed by atoms with Gasteiger partial charge >= 0.3 is 0 Å². The number of hydrogen-bond acceptors (Lipinski definition) is 6. The molecule has 0 bridgehead atoms. The molecule has 0 aromatic heterocycles. The van der Waals surface area contributed by atoms with Crippen molar-refractivity contribution in [3.05, 3.63) is 53.6 Å². The molecule has 6 nitrogen and oxygen atoms in total. The number of β-amino-alcohol motifs (C(OH)–C–C–N with tert-alkyl or cyclic N) is 2. The first kappa shape index (κ1) is 19.4. The summed E-state index contributed by atoms with van der Waals surface area (Å²) < 4.78 is 0. The Hall–Kier alpha value is -1.96. The number of nitrogens with zero attached hydrogens (tertiary/aromatic N) is 2. The quantitative estimate of drug-likeness (QED) is 0.596. The van der Waals surface area contributed by atoms with Crippen LogP contribution >= 0.6 is 0 Å². The zero-order valence-electron chi connectivity index (χ0n) is 16.2. The van der Waals surface area contributed by atoms with Crippen LogP contribution in [0.4, 0.5) is 0 Å². The Balaban J connectivity index is 1.24. The lowest BCUT2D eigenvalue weighted by molar-refractivity contribution is -0.0170. The molecule has 4 rings (SSSR count). The number of aliphatic hydroxyl groups excluding tert-OH is 2. The first-order valence-corrected chi connectivity index (χ1v) is 10.1. The lowest BCUT2D eigenvalue weighted by Gasteiger charge is -2.35. The van der Waals surface area contributed by atoms with Crippen molar-refractivity contribution in [2.24, 2.45) is 0 Å². The third-order valence-corrected chi connectivity index (χ3v) is 5.65. The smallest absolute Gasteiger partial charge is 0.102 e. The molecule has 0 radical (unpaired) electrons. The molecule has 0 spiro atoms. The summed E-state index contributed by atoms with van der Waals surface area (Å²) in [5, 5.41) is 21.8. The Kier molecular flexibility index (Phi) is 6.24. The Morgan fingerprint density at radius 1 is 1.04 bits per heavy atom. The Morgan fingerprint density at radius 3 is 2.64 bits per heavy atom. The van der Waals surface area contributed by atoms with Crippen molar-refractivity contribution in [3.8, 4) is 0 Å². The molecule has 1 fully saturated rings. The average Bonchev–Trinajstić information content (AvgIpc) is 3.13. The molecule has 1 aliphatic carbocycles. The molecule has 1 unspecified atom stereocenters. The predicted molar refractivity (Wildman–Crippen MR) is 111 cm³/mol. The van der Waals surface area contributed by atoms with E-state index in [9.17, 15) is 5.11 Å². The van der Waals surface area contributed by atoms with Gasteiger partial charge in [0.2, 0.25) is 0 Å². The van der Waals surface area contributed by atoms with Crippen LogP contribution in [0.5, 0.6) is 0 Å². The summed E-state index contributed by atoms with van der Waals surface area (Å²) in [5.74, 6) is 0. The maximum Gasteiger partial charge on any atom is 0.102 e. The average molecular weight is 383 g/mol. The summed E-state index contributed by atoms with van der Waals surface area (Å²) in [4.78, 5) is 10.1.